The van der Waals surface area contributed by atoms with Gasteiger partial charge in [-0.3, -0.25) is 4.79 Å². The number of aryl methyl sites for hydroxylation is 2. The zero-order valence-corrected chi connectivity index (χ0v) is 21.5. The van der Waals surface area contributed by atoms with Crippen molar-refractivity contribution < 1.29 is 9.53 Å². The lowest BCUT2D eigenvalue weighted by atomic mass is 9.96. The van der Waals surface area contributed by atoms with Crippen molar-refractivity contribution in [1.82, 2.24) is 29.6 Å². The minimum atomic E-state index is 0.0897. The summed E-state index contributed by atoms with van der Waals surface area (Å²) in [6, 6.07) is 7.11. The predicted molar refractivity (Wildman–Crippen MR) is 137 cm³/mol. The molecular formula is C26H34N8O2. The summed E-state index contributed by atoms with van der Waals surface area (Å²) in [5.74, 6) is 1.55. The molecule has 5 rings (SSSR count). The van der Waals surface area contributed by atoms with Crippen LogP contribution < -0.4 is 14.5 Å². The number of fused-ring (bicyclic) bond motifs is 1. The molecule has 0 unspecified atom stereocenters. The van der Waals surface area contributed by atoms with E-state index in [0.717, 1.165) is 44.1 Å². The van der Waals surface area contributed by atoms with Gasteiger partial charge in [0, 0.05) is 44.5 Å². The lowest BCUT2D eigenvalue weighted by Crippen LogP contribution is -2.55. The van der Waals surface area contributed by atoms with Crippen LogP contribution in [0.3, 0.4) is 0 Å². The number of hydrogen-bond acceptors (Lipinski definition) is 8. The number of nitrogens with zero attached hydrogens (tertiary/aromatic N) is 8. The maximum Gasteiger partial charge on any atom is 0.316 e. The number of piperazine rings is 1. The van der Waals surface area contributed by atoms with Crippen LogP contribution in [0, 0.1) is 13.8 Å². The molecule has 1 fully saturated rings. The number of carbonyl (C=O) groups excluding carboxylic acids is 1. The van der Waals surface area contributed by atoms with Gasteiger partial charge in [0.05, 0.1) is 24.7 Å². The van der Waals surface area contributed by atoms with E-state index in [4.69, 9.17) is 4.74 Å². The van der Waals surface area contributed by atoms with Crippen molar-refractivity contribution >= 4 is 17.3 Å². The molecule has 10 nitrogen and oxygen atoms in total. The SMILES string of the molecule is CCOc1ncc(N2CCc3cccc(N4CCN(C(=O)Cn5nc(C)nc5C)[C@H](C)C4)c3C2)cn1. The van der Waals surface area contributed by atoms with Gasteiger partial charge in [-0.05, 0) is 51.3 Å². The predicted octanol–water partition coefficient (Wildman–Crippen LogP) is 2.38. The van der Waals surface area contributed by atoms with E-state index < -0.39 is 0 Å². The van der Waals surface area contributed by atoms with Gasteiger partial charge in [0.1, 0.15) is 18.2 Å². The average molecular weight is 491 g/mol. The molecule has 0 radical (unpaired) electrons. The Morgan fingerprint density at radius 3 is 2.61 bits per heavy atom. The third-order valence-corrected chi connectivity index (χ3v) is 7.04. The molecule has 190 valence electrons. The van der Waals surface area contributed by atoms with Crippen LogP contribution in [0.4, 0.5) is 11.4 Å². The van der Waals surface area contributed by atoms with Crippen molar-refractivity contribution in [2.24, 2.45) is 0 Å². The largest absolute Gasteiger partial charge is 0.464 e. The molecule has 1 amide bonds. The Balaban J connectivity index is 1.28. The van der Waals surface area contributed by atoms with Crippen molar-refractivity contribution in [3.63, 3.8) is 0 Å². The van der Waals surface area contributed by atoms with Gasteiger partial charge in [0.25, 0.3) is 0 Å². The molecule has 0 saturated carbocycles. The average Bonchev–Trinajstić information content (AvgIpc) is 3.20. The number of carbonyl (C=O) groups is 1. The molecule has 2 aliphatic heterocycles. The quantitative estimate of drug-likeness (QED) is 0.520. The molecule has 0 bridgehead atoms. The van der Waals surface area contributed by atoms with Crippen molar-refractivity contribution in [2.75, 3.05) is 42.6 Å². The number of benzene rings is 1. The summed E-state index contributed by atoms with van der Waals surface area (Å²) < 4.78 is 7.09. The van der Waals surface area contributed by atoms with E-state index in [1.54, 1.807) is 4.68 Å². The summed E-state index contributed by atoms with van der Waals surface area (Å²) in [5.41, 5.74) is 4.99. The molecule has 0 aliphatic carbocycles. The second kappa shape index (κ2) is 10.1. The maximum atomic E-state index is 13.1. The summed E-state index contributed by atoms with van der Waals surface area (Å²) >= 11 is 0. The number of anilines is 2. The first kappa shape index (κ1) is 24.0. The van der Waals surface area contributed by atoms with Crippen LogP contribution in [0.5, 0.6) is 6.01 Å². The van der Waals surface area contributed by atoms with E-state index in [1.807, 2.05) is 38.1 Å². The molecule has 1 aromatic carbocycles. The summed E-state index contributed by atoms with van der Waals surface area (Å²) in [6.07, 6.45) is 4.66. The molecule has 2 aromatic heterocycles. The second-order valence-electron chi connectivity index (χ2n) is 9.49. The van der Waals surface area contributed by atoms with Crippen LogP contribution in [0.1, 0.15) is 36.6 Å². The van der Waals surface area contributed by atoms with Gasteiger partial charge in [0.2, 0.25) is 5.91 Å². The number of ether oxygens (including phenoxy) is 1. The van der Waals surface area contributed by atoms with E-state index in [0.29, 0.717) is 25.0 Å². The number of amides is 1. The van der Waals surface area contributed by atoms with Crippen molar-refractivity contribution in [2.45, 2.75) is 53.2 Å². The van der Waals surface area contributed by atoms with Gasteiger partial charge in [-0.1, -0.05) is 12.1 Å². The Bertz CT molecular complexity index is 1230. The van der Waals surface area contributed by atoms with Crippen LogP contribution in [-0.4, -0.2) is 74.4 Å². The Hall–Kier alpha value is -3.69. The lowest BCUT2D eigenvalue weighted by Gasteiger charge is -2.43. The summed E-state index contributed by atoms with van der Waals surface area (Å²) in [5, 5.41) is 4.35. The van der Waals surface area contributed by atoms with Crippen LogP contribution in [0.2, 0.25) is 0 Å². The van der Waals surface area contributed by atoms with Gasteiger partial charge in [-0.2, -0.15) is 5.10 Å². The van der Waals surface area contributed by atoms with Crippen LogP contribution in [0.15, 0.2) is 30.6 Å². The third-order valence-electron chi connectivity index (χ3n) is 7.04. The fourth-order valence-corrected chi connectivity index (χ4v) is 5.23. The van der Waals surface area contributed by atoms with Gasteiger partial charge >= 0.3 is 6.01 Å². The highest BCUT2D eigenvalue weighted by molar-refractivity contribution is 5.77. The standard InChI is InChI=1S/C26H34N8O2/c1-5-36-26-27-13-22(14-28-26)31-10-9-21-7-6-8-24(23(21)16-31)32-11-12-33(18(2)15-32)25(35)17-34-20(4)29-19(3)30-34/h6-8,13-14,18H,5,9-12,15-17H2,1-4H3/t18-/m1/s1. The van der Waals surface area contributed by atoms with Crippen LogP contribution in [0.25, 0.3) is 0 Å². The Kier molecular flexibility index (Phi) is 6.75. The van der Waals surface area contributed by atoms with E-state index >= 15 is 0 Å². The van der Waals surface area contributed by atoms with E-state index in [9.17, 15) is 4.79 Å². The first-order chi connectivity index (χ1) is 17.4. The van der Waals surface area contributed by atoms with Crippen molar-refractivity contribution in [1.29, 1.82) is 0 Å². The molecule has 0 N–H and O–H groups in total. The lowest BCUT2D eigenvalue weighted by molar-refractivity contribution is -0.134. The molecule has 1 atom stereocenters. The Morgan fingerprint density at radius 1 is 1.11 bits per heavy atom. The molecule has 1 saturated heterocycles. The smallest absolute Gasteiger partial charge is 0.316 e. The molecular weight excluding hydrogens is 456 g/mol. The molecule has 3 aromatic rings. The molecule has 10 heteroatoms. The van der Waals surface area contributed by atoms with E-state index in [2.05, 4.69) is 55.0 Å². The Morgan fingerprint density at radius 2 is 1.92 bits per heavy atom. The zero-order chi connectivity index (χ0) is 25.2. The topological polar surface area (TPSA) is 92.5 Å². The van der Waals surface area contributed by atoms with Crippen molar-refractivity contribution in [3.8, 4) is 6.01 Å². The highest BCUT2D eigenvalue weighted by atomic mass is 16.5. The fraction of sp³-hybridized carbons (Fsp3) is 0.500. The maximum absolute atomic E-state index is 13.1. The normalized spacial score (nSPS) is 17.8. The van der Waals surface area contributed by atoms with Crippen molar-refractivity contribution in [3.05, 3.63) is 53.4 Å². The van der Waals surface area contributed by atoms with Gasteiger partial charge in [-0.15, -0.1) is 0 Å². The van der Waals surface area contributed by atoms with Gasteiger partial charge < -0.3 is 19.4 Å². The highest BCUT2D eigenvalue weighted by Crippen LogP contribution is 2.32. The molecule has 2 aliphatic rings. The monoisotopic (exact) mass is 490 g/mol. The summed E-state index contributed by atoms with van der Waals surface area (Å²) in [4.78, 5) is 32.8. The van der Waals surface area contributed by atoms with Gasteiger partial charge in [0.15, 0.2) is 0 Å². The third kappa shape index (κ3) is 4.84. The van der Waals surface area contributed by atoms with Gasteiger partial charge in [-0.25, -0.2) is 19.6 Å². The number of rotatable bonds is 6. The van der Waals surface area contributed by atoms with Crippen LogP contribution in [-0.2, 0) is 24.3 Å². The van der Waals surface area contributed by atoms with E-state index in [1.165, 1.54) is 16.8 Å². The molecule has 36 heavy (non-hydrogen) atoms. The summed E-state index contributed by atoms with van der Waals surface area (Å²) in [7, 11) is 0. The molecule has 4 heterocycles. The minimum absolute atomic E-state index is 0.0897. The zero-order valence-electron chi connectivity index (χ0n) is 21.5. The Labute approximate surface area is 211 Å². The number of hydrogen-bond donors (Lipinski definition) is 0. The number of aromatic nitrogens is 5. The second-order valence-corrected chi connectivity index (χ2v) is 9.49. The molecule has 0 spiro atoms. The first-order valence-corrected chi connectivity index (χ1v) is 12.7. The minimum Gasteiger partial charge on any atom is -0.464 e. The fourth-order valence-electron chi connectivity index (χ4n) is 5.23. The van der Waals surface area contributed by atoms with Crippen LogP contribution >= 0.6 is 0 Å². The first-order valence-electron chi connectivity index (χ1n) is 12.7. The highest BCUT2D eigenvalue weighted by Gasteiger charge is 2.30. The summed E-state index contributed by atoms with van der Waals surface area (Å²) in [6.45, 7) is 12.6. The van der Waals surface area contributed by atoms with E-state index in [-0.39, 0.29) is 18.5 Å².